The van der Waals surface area contributed by atoms with Gasteiger partial charge in [-0.05, 0) is 18.1 Å². The Labute approximate surface area is 123 Å². The Balaban J connectivity index is 1.88. The van der Waals surface area contributed by atoms with Gasteiger partial charge in [-0.25, -0.2) is 4.79 Å². The van der Waals surface area contributed by atoms with Crippen molar-refractivity contribution in [2.24, 2.45) is 0 Å². The molecule has 1 aliphatic heterocycles. The summed E-state index contributed by atoms with van der Waals surface area (Å²) in [6.45, 7) is 1.20. The maximum absolute atomic E-state index is 11.8. The van der Waals surface area contributed by atoms with Crippen molar-refractivity contribution < 1.29 is 14.3 Å². The quantitative estimate of drug-likeness (QED) is 0.469. The first-order chi connectivity index (χ1) is 10.2. The molecule has 0 saturated carbocycles. The summed E-state index contributed by atoms with van der Waals surface area (Å²) in [6.07, 6.45) is 2.90. The highest BCUT2D eigenvalue weighted by atomic mass is 16.5. The van der Waals surface area contributed by atoms with E-state index in [0.717, 1.165) is 12.0 Å². The molecule has 1 aliphatic rings. The van der Waals surface area contributed by atoms with Crippen molar-refractivity contribution in [2.75, 3.05) is 19.7 Å². The summed E-state index contributed by atoms with van der Waals surface area (Å²) < 4.78 is 5.05. The Morgan fingerprint density at radius 3 is 2.76 bits per heavy atom. The molecule has 1 fully saturated rings. The molecular formula is C16H16N2O3. The number of esters is 1. The van der Waals surface area contributed by atoms with Crippen LogP contribution in [0.2, 0.25) is 0 Å². The molecular weight excluding hydrogens is 268 g/mol. The summed E-state index contributed by atoms with van der Waals surface area (Å²) in [4.78, 5) is 24.9. The van der Waals surface area contributed by atoms with Crippen molar-refractivity contribution in [2.45, 2.75) is 12.8 Å². The lowest BCUT2D eigenvalue weighted by atomic mass is 10.1. The van der Waals surface area contributed by atoms with Gasteiger partial charge >= 0.3 is 5.97 Å². The fourth-order valence-corrected chi connectivity index (χ4v) is 2.12. The minimum Gasteiger partial charge on any atom is -0.460 e. The van der Waals surface area contributed by atoms with Crippen LogP contribution in [0.1, 0.15) is 18.4 Å². The highest BCUT2D eigenvalue weighted by Crippen LogP contribution is 2.10. The first kappa shape index (κ1) is 14.8. The van der Waals surface area contributed by atoms with E-state index >= 15 is 0 Å². The summed E-state index contributed by atoms with van der Waals surface area (Å²) in [5, 5.41) is 9.03. The Morgan fingerprint density at radius 1 is 1.38 bits per heavy atom. The number of hydrogen-bond acceptors (Lipinski definition) is 4. The highest BCUT2D eigenvalue weighted by molar-refractivity contribution is 5.97. The van der Waals surface area contributed by atoms with Crippen LogP contribution in [0, 0.1) is 11.3 Å². The SMILES string of the molecule is N#C/C(=C/c1ccccc1)C(=O)OCCN1CCCC1=O. The van der Waals surface area contributed by atoms with Crippen molar-refractivity contribution in [3.63, 3.8) is 0 Å². The standard InChI is InChI=1S/C16H16N2O3/c17-12-14(11-13-5-2-1-3-6-13)16(20)21-10-9-18-8-4-7-15(18)19/h1-3,5-6,11H,4,7-10H2/b14-11-. The zero-order valence-electron chi connectivity index (χ0n) is 11.6. The summed E-state index contributed by atoms with van der Waals surface area (Å²) in [5.41, 5.74) is 0.717. The van der Waals surface area contributed by atoms with E-state index in [1.807, 2.05) is 24.3 Å². The molecule has 0 aliphatic carbocycles. The summed E-state index contributed by atoms with van der Waals surface area (Å²) in [6, 6.07) is 10.9. The van der Waals surface area contributed by atoms with Crippen molar-refractivity contribution >= 4 is 18.0 Å². The lowest BCUT2D eigenvalue weighted by molar-refractivity contribution is -0.140. The molecule has 0 N–H and O–H groups in total. The maximum Gasteiger partial charge on any atom is 0.348 e. The molecule has 0 spiro atoms. The summed E-state index contributed by atoms with van der Waals surface area (Å²) in [7, 11) is 0. The van der Waals surface area contributed by atoms with Crippen LogP contribution in [0.15, 0.2) is 35.9 Å². The molecule has 1 aromatic rings. The third-order valence-electron chi connectivity index (χ3n) is 3.22. The van der Waals surface area contributed by atoms with Crippen molar-refractivity contribution in [1.29, 1.82) is 5.26 Å². The van der Waals surface area contributed by atoms with Gasteiger partial charge in [0.25, 0.3) is 0 Å². The number of rotatable bonds is 5. The molecule has 0 atom stereocenters. The number of nitriles is 1. The molecule has 1 saturated heterocycles. The predicted octanol–water partition coefficient (Wildman–Crippen LogP) is 1.76. The van der Waals surface area contributed by atoms with Crippen LogP contribution >= 0.6 is 0 Å². The molecule has 5 nitrogen and oxygen atoms in total. The van der Waals surface area contributed by atoms with Crippen molar-refractivity contribution in [3.8, 4) is 6.07 Å². The Morgan fingerprint density at radius 2 is 2.14 bits per heavy atom. The Hall–Kier alpha value is -2.61. The zero-order chi connectivity index (χ0) is 15.1. The molecule has 0 aromatic heterocycles. The van der Waals surface area contributed by atoms with Crippen LogP contribution in [-0.4, -0.2) is 36.5 Å². The largest absolute Gasteiger partial charge is 0.460 e. The molecule has 0 radical (unpaired) electrons. The number of nitrogens with zero attached hydrogens (tertiary/aromatic N) is 2. The van der Waals surface area contributed by atoms with E-state index in [2.05, 4.69) is 0 Å². The zero-order valence-corrected chi connectivity index (χ0v) is 11.6. The number of carbonyl (C=O) groups excluding carboxylic acids is 2. The van der Waals surface area contributed by atoms with Crippen molar-refractivity contribution in [1.82, 2.24) is 4.90 Å². The maximum atomic E-state index is 11.8. The van der Waals surface area contributed by atoms with Crippen LogP contribution in [-0.2, 0) is 14.3 Å². The number of likely N-dealkylation sites (tertiary alicyclic amines) is 1. The summed E-state index contributed by atoms with van der Waals surface area (Å²) >= 11 is 0. The van der Waals surface area contributed by atoms with Gasteiger partial charge in [0.05, 0.1) is 6.54 Å². The number of amides is 1. The minimum absolute atomic E-state index is 0.0473. The molecule has 1 heterocycles. The molecule has 0 bridgehead atoms. The van der Waals surface area contributed by atoms with Gasteiger partial charge in [-0.15, -0.1) is 0 Å². The third kappa shape index (κ3) is 4.18. The van der Waals surface area contributed by atoms with Gasteiger partial charge in [-0.3, -0.25) is 4.79 Å². The van der Waals surface area contributed by atoms with Gasteiger partial charge in [0, 0.05) is 13.0 Å². The highest BCUT2D eigenvalue weighted by Gasteiger charge is 2.20. The molecule has 21 heavy (non-hydrogen) atoms. The molecule has 0 unspecified atom stereocenters. The smallest absolute Gasteiger partial charge is 0.348 e. The van der Waals surface area contributed by atoms with E-state index in [0.29, 0.717) is 19.5 Å². The van der Waals surface area contributed by atoms with E-state index in [-0.39, 0.29) is 18.1 Å². The molecule has 1 aromatic carbocycles. The third-order valence-corrected chi connectivity index (χ3v) is 3.22. The second-order valence-corrected chi connectivity index (χ2v) is 4.70. The van der Waals surface area contributed by atoms with Crippen molar-refractivity contribution in [3.05, 3.63) is 41.5 Å². The van der Waals surface area contributed by atoms with Gasteiger partial charge in [-0.2, -0.15) is 5.26 Å². The predicted molar refractivity (Wildman–Crippen MR) is 76.8 cm³/mol. The van der Waals surface area contributed by atoms with E-state index in [9.17, 15) is 9.59 Å². The van der Waals surface area contributed by atoms with Gasteiger partial charge < -0.3 is 9.64 Å². The molecule has 2 rings (SSSR count). The number of benzene rings is 1. The minimum atomic E-state index is -0.659. The van der Waals surface area contributed by atoms with E-state index in [1.165, 1.54) is 6.08 Å². The van der Waals surface area contributed by atoms with Crippen LogP contribution in [0.5, 0.6) is 0 Å². The fourth-order valence-electron chi connectivity index (χ4n) is 2.12. The van der Waals surface area contributed by atoms with E-state index in [4.69, 9.17) is 10.00 Å². The molecule has 5 heteroatoms. The number of hydrogen-bond donors (Lipinski definition) is 0. The van der Waals surface area contributed by atoms with Crippen LogP contribution in [0.25, 0.3) is 6.08 Å². The first-order valence-electron chi connectivity index (χ1n) is 6.82. The van der Waals surface area contributed by atoms with Crippen LogP contribution in [0.4, 0.5) is 0 Å². The lowest BCUT2D eigenvalue weighted by Crippen LogP contribution is -2.29. The fraction of sp³-hybridized carbons (Fsp3) is 0.312. The molecule has 1 amide bonds. The van der Waals surface area contributed by atoms with Gasteiger partial charge in [-0.1, -0.05) is 30.3 Å². The summed E-state index contributed by atoms with van der Waals surface area (Å²) in [5.74, 6) is -0.570. The second kappa shape index (κ2) is 7.25. The Kier molecular flexibility index (Phi) is 5.10. The van der Waals surface area contributed by atoms with Gasteiger partial charge in [0.1, 0.15) is 18.2 Å². The Bertz CT molecular complexity index is 587. The average molecular weight is 284 g/mol. The monoisotopic (exact) mass is 284 g/mol. The van der Waals surface area contributed by atoms with E-state index in [1.54, 1.807) is 17.0 Å². The van der Waals surface area contributed by atoms with Crippen LogP contribution in [0.3, 0.4) is 0 Å². The lowest BCUT2D eigenvalue weighted by Gasteiger charge is -2.14. The average Bonchev–Trinajstić information content (AvgIpc) is 2.91. The number of carbonyl (C=O) groups is 2. The molecule has 108 valence electrons. The second-order valence-electron chi connectivity index (χ2n) is 4.70. The topological polar surface area (TPSA) is 70.4 Å². The van der Waals surface area contributed by atoms with Gasteiger partial charge in [0.2, 0.25) is 5.91 Å². The van der Waals surface area contributed by atoms with Crippen LogP contribution < -0.4 is 0 Å². The normalized spacial score (nSPS) is 14.9. The van der Waals surface area contributed by atoms with E-state index < -0.39 is 5.97 Å². The van der Waals surface area contributed by atoms with Gasteiger partial charge in [0.15, 0.2) is 0 Å². The first-order valence-corrected chi connectivity index (χ1v) is 6.82. The number of ether oxygens (including phenoxy) is 1.